The maximum absolute atomic E-state index is 10.8. The highest BCUT2D eigenvalue weighted by atomic mass is 16.7. The predicted molar refractivity (Wildman–Crippen MR) is 60.4 cm³/mol. The molecule has 0 amide bonds. The van der Waals surface area contributed by atoms with Crippen molar-refractivity contribution in [3.05, 3.63) is 34.4 Å². The molecule has 0 aliphatic carbocycles. The molecule has 1 aliphatic heterocycles. The highest BCUT2D eigenvalue weighted by Crippen LogP contribution is 2.32. The highest BCUT2D eigenvalue weighted by Gasteiger charge is 2.32. The van der Waals surface area contributed by atoms with E-state index in [0.717, 1.165) is 18.7 Å². The molecule has 5 heteroatoms. The van der Waals surface area contributed by atoms with Crippen LogP contribution in [-0.4, -0.2) is 24.2 Å². The lowest BCUT2D eigenvalue weighted by Gasteiger charge is -2.31. The maximum Gasteiger partial charge on any atom is 0.371 e. The molecule has 1 unspecified atom stereocenters. The van der Waals surface area contributed by atoms with E-state index in [0.29, 0.717) is 12.3 Å². The molecule has 0 saturated heterocycles. The molecule has 0 radical (unpaired) electrons. The molecule has 0 fully saturated rings. The third-order valence-electron chi connectivity index (χ3n) is 2.57. The Morgan fingerprint density at radius 1 is 1.56 bits per heavy atom. The van der Waals surface area contributed by atoms with Gasteiger partial charge in [0.15, 0.2) is 5.75 Å². The highest BCUT2D eigenvalue weighted by molar-refractivity contribution is 5.59. The van der Waals surface area contributed by atoms with E-state index in [9.17, 15) is 10.1 Å². The summed E-state index contributed by atoms with van der Waals surface area (Å²) >= 11 is 0. The first-order valence-corrected chi connectivity index (χ1v) is 5.36. The van der Waals surface area contributed by atoms with Gasteiger partial charge >= 0.3 is 6.23 Å². The van der Waals surface area contributed by atoms with Crippen molar-refractivity contribution < 1.29 is 9.66 Å². The smallest absolute Gasteiger partial charge is 0.371 e. The van der Waals surface area contributed by atoms with Crippen LogP contribution in [0, 0.1) is 10.1 Å². The molecule has 1 atom stereocenters. The number of hydrogen-bond donors (Lipinski definition) is 0. The van der Waals surface area contributed by atoms with Gasteiger partial charge in [-0.3, -0.25) is 10.1 Å². The van der Waals surface area contributed by atoms with E-state index in [4.69, 9.17) is 4.74 Å². The Morgan fingerprint density at radius 2 is 2.31 bits per heavy atom. The Morgan fingerprint density at radius 3 is 3.00 bits per heavy atom. The number of ether oxygens (including phenoxy) is 1. The number of nitrogens with zero attached hydrogens (tertiary/aromatic N) is 2. The normalized spacial score (nSPS) is 18.8. The quantitative estimate of drug-likeness (QED) is 0.579. The summed E-state index contributed by atoms with van der Waals surface area (Å²) in [6, 6.07) is 7.44. The monoisotopic (exact) mass is 222 g/mol. The second-order valence-corrected chi connectivity index (χ2v) is 3.77. The first-order chi connectivity index (χ1) is 7.72. The van der Waals surface area contributed by atoms with E-state index < -0.39 is 6.23 Å². The lowest BCUT2D eigenvalue weighted by molar-refractivity contribution is -0.560. The van der Waals surface area contributed by atoms with Crippen LogP contribution in [0.2, 0.25) is 0 Å². The third kappa shape index (κ3) is 1.93. The van der Waals surface area contributed by atoms with E-state index >= 15 is 0 Å². The van der Waals surface area contributed by atoms with Crippen molar-refractivity contribution in [1.82, 2.24) is 0 Å². The average molecular weight is 222 g/mol. The van der Waals surface area contributed by atoms with Gasteiger partial charge in [0.2, 0.25) is 0 Å². The minimum Gasteiger partial charge on any atom is -0.426 e. The minimum absolute atomic E-state index is 0.317. The van der Waals surface area contributed by atoms with Crippen molar-refractivity contribution in [1.29, 1.82) is 0 Å². The van der Waals surface area contributed by atoms with Crippen LogP contribution >= 0.6 is 0 Å². The van der Waals surface area contributed by atoms with Crippen LogP contribution in [-0.2, 0) is 0 Å². The van der Waals surface area contributed by atoms with Gasteiger partial charge < -0.3 is 9.64 Å². The van der Waals surface area contributed by atoms with Gasteiger partial charge in [0, 0.05) is 6.54 Å². The van der Waals surface area contributed by atoms with Crippen LogP contribution in [0.1, 0.15) is 13.3 Å². The van der Waals surface area contributed by atoms with Crippen LogP contribution in [0.4, 0.5) is 5.69 Å². The zero-order valence-electron chi connectivity index (χ0n) is 9.13. The summed E-state index contributed by atoms with van der Waals surface area (Å²) < 4.78 is 5.33. The van der Waals surface area contributed by atoms with Gasteiger partial charge in [-0.05, 0) is 18.6 Å². The van der Waals surface area contributed by atoms with Crippen molar-refractivity contribution in [2.75, 3.05) is 18.0 Å². The van der Waals surface area contributed by atoms with Crippen molar-refractivity contribution in [3.63, 3.8) is 0 Å². The Labute approximate surface area is 93.8 Å². The number of rotatable bonds is 3. The molecule has 0 saturated carbocycles. The second kappa shape index (κ2) is 4.38. The molecule has 1 aromatic rings. The molecule has 1 aliphatic rings. The summed E-state index contributed by atoms with van der Waals surface area (Å²) in [5, 5.41) is 10.8. The van der Waals surface area contributed by atoms with Crippen molar-refractivity contribution in [2.24, 2.45) is 0 Å². The third-order valence-corrected chi connectivity index (χ3v) is 2.57. The Kier molecular flexibility index (Phi) is 2.94. The van der Waals surface area contributed by atoms with Crippen molar-refractivity contribution in [2.45, 2.75) is 19.6 Å². The average Bonchev–Trinajstić information content (AvgIpc) is 2.29. The molecule has 2 rings (SSSR count). The molecule has 1 heterocycles. The van der Waals surface area contributed by atoms with Crippen LogP contribution in [0.3, 0.4) is 0 Å². The zero-order chi connectivity index (χ0) is 11.5. The summed E-state index contributed by atoms with van der Waals surface area (Å²) in [5.41, 5.74) is 0.947. The molecule has 16 heavy (non-hydrogen) atoms. The van der Waals surface area contributed by atoms with Crippen molar-refractivity contribution >= 4 is 5.69 Å². The second-order valence-electron chi connectivity index (χ2n) is 3.77. The fourth-order valence-corrected chi connectivity index (χ4v) is 1.88. The van der Waals surface area contributed by atoms with Crippen LogP contribution in [0.15, 0.2) is 24.3 Å². The van der Waals surface area contributed by atoms with E-state index in [2.05, 4.69) is 6.92 Å². The molecule has 0 N–H and O–H groups in total. The maximum atomic E-state index is 10.8. The van der Waals surface area contributed by atoms with E-state index in [1.807, 2.05) is 23.1 Å². The molecule has 0 aromatic heterocycles. The first-order valence-electron chi connectivity index (χ1n) is 5.36. The van der Waals surface area contributed by atoms with Crippen LogP contribution in [0.5, 0.6) is 5.75 Å². The number of benzene rings is 1. The summed E-state index contributed by atoms with van der Waals surface area (Å²) in [7, 11) is 0. The Hall–Kier alpha value is -1.78. The fourth-order valence-electron chi connectivity index (χ4n) is 1.88. The Balaban J connectivity index is 2.29. The van der Waals surface area contributed by atoms with E-state index in [-0.39, 0.29) is 4.92 Å². The van der Waals surface area contributed by atoms with Gasteiger partial charge in [0.1, 0.15) is 6.54 Å². The fraction of sp³-hybridized carbons (Fsp3) is 0.455. The SMILES string of the molecule is CCCN1CC([N+](=O)[O-])Oc2ccccc21. The summed E-state index contributed by atoms with van der Waals surface area (Å²) in [4.78, 5) is 12.4. The number of para-hydroxylation sites is 2. The van der Waals surface area contributed by atoms with Gasteiger partial charge in [0.25, 0.3) is 0 Å². The molecular weight excluding hydrogens is 208 g/mol. The van der Waals surface area contributed by atoms with Gasteiger partial charge in [0.05, 0.1) is 10.6 Å². The molecule has 0 spiro atoms. The topological polar surface area (TPSA) is 55.6 Å². The summed E-state index contributed by atoms with van der Waals surface area (Å²) in [5.74, 6) is 0.601. The van der Waals surface area contributed by atoms with Gasteiger partial charge in [-0.25, -0.2) is 0 Å². The minimum atomic E-state index is -0.957. The molecular formula is C11H14N2O3. The van der Waals surface area contributed by atoms with E-state index in [1.54, 1.807) is 6.07 Å². The van der Waals surface area contributed by atoms with Crippen LogP contribution in [0.25, 0.3) is 0 Å². The van der Waals surface area contributed by atoms with E-state index in [1.165, 1.54) is 0 Å². The van der Waals surface area contributed by atoms with Crippen molar-refractivity contribution in [3.8, 4) is 5.75 Å². The largest absolute Gasteiger partial charge is 0.426 e. The van der Waals surface area contributed by atoms with Crippen LogP contribution < -0.4 is 9.64 Å². The lowest BCUT2D eigenvalue weighted by Crippen LogP contribution is -2.44. The van der Waals surface area contributed by atoms with Gasteiger partial charge in [-0.15, -0.1) is 0 Å². The summed E-state index contributed by atoms with van der Waals surface area (Å²) in [6.45, 7) is 3.18. The standard InChI is InChI=1S/C11H14N2O3/c1-2-7-12-8-11(13(14)15)16-10-6-4-3-5-9(10)12/h3-6,11H,2,7-8H2,1H3. The molecule has 1 aromatic carbocycles. The molecule has 86 valence electrons. The number of nitro groups is 1. The molecule has 5 nitrogen and oxygen atoms in total. The van der Waals surface area contributed by atoms with Gasteiger partial charge in [-0.2, -0.15) is 0 Å². The number of anilines is 1. The molecule has 0 bridgehead atoms. The predicted octanol–water partition coefficient (Wildman–Crippen LogP) is 1.90. The Bertz CT molecular complexity index is 395. The number of hydrogen-bond acceptors (Lipinski definition) is 4. The summed E-state index contributed by atoms with van der Waals surface area (Å²) in [6.07, 6.45) is 0.000121. The van der Waals surface area contributed by atoms with Gasteiger partial charge in [-0.1, -0.05) is 19.1 Å². The number of fused-ring (bicyclic) bond motifs is 1. The first kappa shape index (κ1) is 10.7. The lowest BCUT2D eigenvalue weighted by atomic mass is 10.2. The zero-order valence-corrected chi connectivity index (χ0v) is 9.13.